The summed E-state index contributed by atoms with van der Waals surface area (Å²) in [5.74, 6) is 0.942. The molecule has 1 aromatic rings. The Morgan fingerprint density at radius 1 is 1.06 bits per heavy atom. The maximum Gasteiger partial charge on any atom is 0.118 e. The number of ether oxygens (including phenoxy) is 1. The van der Waals surface area contributed by atoms with Crippen molar-refractivity contribution < 1.29 is 4.74 Å². The predicted octanol–water partition coefficient (Wildman–Crippen LogP) is 3.10. The van der Waals surface area contributed by atoms with E-state index in [2.05, 4.69) is 17.0 Å². The van der Waals surface area contributed by atoms with Crippen LogP contribution in [0.3, 0.4) is 0 Å². The smallest absolute Gasteiger partial charge is 0.118 e. The van der Waals surface area contributed by atoms with Gasteiger partial charge in [-0.05, 0) is 43.6 Å². The van der Waals surface area contributed by atoms with Gasteiger partial charge in [-0.3, -0.25) is 4.90 Å². The minimum atomic E-state index is 0. The summed E-state index contributed by atoms with van der Waals surface area (Å²) < 4.78 is 5.15. The van der Waals surface area contributed by atoms with Gasteiger partial charge in [0.1, 0.15) is 5.75 Å². The van der Waals surface area contributed by atoms with Crippen molar-refractivity contribution in [2.24, 2.45) is 0 Å². The Labute approximate surface area is 104 Å². The molecule has 0 bridgehead atoms. The molecule has 1 heterocycles. The van der Waals surface area contributed by atoms with Gasteiger partial charge in [0, 0.05) is 6.54 Å². The molecular weight excluding hydrogens is 222 g/mol. The minimum Gasteiger partial charge on any atom is -0.497 e. The van der Waals surface area contributed by atoms with E-state index < -0.39 is 0 Å². The van der Waals surface area contributed by atoms with Gasteiger partial charge in [0.15, 0.2) is 0 Å². The van der Waals surface area contributed by atoms with Crippen molar-refractivity contribution in [3.05, 3.63) is 29.8 Å². The lowest BCUT2D eigenvalue weighted by molar-refractivity contribution is 0.221. The summed E-state index contributed by atoms with van der Waals surface area (Å²) >= 11 is 0. The van der Waals surface area contributed by atoms with Crippen molar-refractivity contribution >= 4 is 12.4 Å². The highest BCUT2D eigenvalue weighted by Gasteiger charge is 2.09. The second kappa shape index (κ2) is 6.77. The number of likely N-dealkylation sites (tertiary alicyclic amines) is 1. The summed E-state index contributed by atoms with van der Waals surface area (Å²) in [5.41, 5.74) is 1.39. The van der Waals surface area contributed by atoms with Gasteiger partial charge in [-0.25, -0.2) is 0 Å². The molecule has 0 amide bonds. The van der Waals surface area contributed by atoms with Crippen molar-refractivity contribution in [2.75, 3.05) is 20.2 Å². The van der Waals surface area contributed by atoms with E-state index >= 15 is 0 Å². The number of hydrogen-bond acceptors (Lipinski definition) is 2. The lowest BCUT2D eigenvalue weighted by Crippen LogP contribution is -2.28. The zero-order valence-corrected chi connectivity index (χ0v) is 10.6. The minimum absolute atomic E-state index is 0. The molecule has 0 aromatic heterocycles. The average molecular weight is 242 g/mol. The quantitative estimate of drug-likeness (QED) is 0.807. The molecule has 0 radical (unpaired) electrons. The first-order chi connectivity index (χ1) is 7.38. The summed E-state index contributed by atoms with van der Waals surface area (Å²) in [6, 6.07) is 8.40. The molecule has 1 aromatic carbocycles. The lowest BCUT2D eigenvalue weighted by atomic mass is 10.1. The lowest BCUT2D eigenvalue weighted by Gasteiger charge is -2.26. The van der Waals surface area contributed by atoms with E-state index in [1.165, 1.54) is 37.9 Å². The molecule has 90 valence electrons. The molecule has 1 fully saturated rings. The zero-order valence-electron chi connectivity index (χ0n) is 9.82. The molecule has 16 heavy (non-hydrogen) atoms. The molecule has 0 unspecified atom stereocenters. The van der Waals surface area contributed by atoms with E-state index in [4.69, 9.17) is 4.74 Å². The number of nitrogens with zero attached hydrogens (tertiary/aromatic N) is 1. The maximum absolute atomic E-state index is 5.15. The van der Waals surface area contributed by atoms with Crippen LogP contribution in [0.25, 0.3) is 0 Å². The van der Waals surface area contributed by atoms with E-state index in [0.717, 1.165) is 12.3 Å². The van der Waals surface area contributed by atoms with Gasteiger partial charge >= 0.3 is 0 Å². The van der Waals surface area contributed by atoms with Crippen LogP contribution >= 0.6 is 12.4 Å². The highest BCUT2D eigenvalue weighted by Crippen LogP contribution is 2.15. The second-order valence-corrected chi connectivity index (χ2v) is 4.18. The summed E-state index contributed by atoms with van der Waals surface area (Å²) in [7, 11) is 1.71. The molecule has 0 aliphatic carbocycles. The van der Waals surface area contributed by atoms with Crippen molar-refractivity contribution in [1.82, 2.24) is 4.90 Å². The number of methoxy groups -OCH3 is 1. The fourth-order valence-corrected chi connectivity index (χ4v) is 2.11. The highest BCUT2D eigenvalue weighted by atomic mass is 35.5. The van der Waals surface area contributed by atoms with Crippen molar-refractivity contribution in [2.45, 2.75) is 25.8 Å². The third kappa shape index (κ3) is 3.69. The Kier molecular flexibility index (Phi) is 5.64. The number of benzene rings is 1. The van der Waals surface area contributed by atoms with E-state index in [1.807, 2.05) is 12.1 Å². The van der Waals surface area contributed by atoms with Crippen LogP contribution in [0.2, 0.25) is 0 Å². The molecule has 1 aliphatic rings. The maximum atomic E-state index is 5.15. The van der Waals surface area contributed by atoms with Gasteiger partial charge in [-0.1, -0.05) is 18.6 Å². The molecular formula is C13H20ClNO. The van der Waals surface area contributed by atoms with E-state index in [9.17, 15) is 0 Å². The fourth-order valence-electron chi connectivity index (χ4n) is 2.11. The Balaban J connectivity index is 0.00000128. The van der Waals surface area contributed by atoms with Crippen LogP contribution in [-0.2, 0) is 6.54 Å². The van der Waals surface area contributed by atoms with E-state index in [1.54, 1.807) is 7.11 Å². The first-order valence-corrected chi connectivity index (χ1v) is 5.74. The Morgan fingerprint density at radius 3 is 2.25 bits per heavy atom. The summed E-state index contributed by atoms with van der Waals surface area (Å²) in [5, 5.41) is 0. The first-order valence-electron chi connectivity index (χ1n) is 5.74. The second-order valence-electron chi connectivity index (χ2n) is 4.18. The molecule has 0 saturated carbocycles. The normalized spacial score (nSPS) is 16.6. The fraction of sp³-hybridized carbons (Fsp3) is 0.538. The van der Waals surface area contributed by atoms with Crippen molar-refractivity contribution in [3.8, 4) is 5.75 Å². The molecule has 3 heteroatoms. The van der Waals surface area contributed by atoms with Crippen LogP contribution in [-0.4, -0.2) is 25.1 Å². The van der Waals surface area contributed by atoms with Gasteiger partial charge in [-0.15, -0.1) is 12.4 Å². The standard InChI is InChI=1S/C13H19NO.ClH/c1-15-13-7-5-12(6-8-13)11-14-9-3-2-4-10-14;/h5-8H,2-4,9-11H2,1H3;1H. The molecule has 0 spiro atoms. The van der Waals surface area contributed by atoms with Crippen LogP contribution in [0, 0.1) is 0 Å². The number of hydrogen-bond donors (Lipinski definition) is 0. The van der Waals surface area contributed by atoms with E-state index in [0.29, 0.717) is 0 Å². The third-order valence-corrected chi connectivity index (χ3v) is 3.01. The van der Waals surface area contributed by atoms with Gasteiger partial charge in [-0.2, -0.15) is 0 Å². The van der Waals surface area contributed by atoms with Gasteiger partial charge in [0.2, 0.25) is 0 Å². The van der Waals surface area contributed by atoms with Crippen LogP contribution in [0.5, 0.6) is 5.75 Å². The van der Waals surface area contributed by atoms with Crippen molar-refractivity contribution in [1.29, 1.82) is 0 Å². The highest BCUT2D eigenvalue weighted by molar-refractivity contribution is 5.85. The molecule has 0 atom stereocenters. The van der Waals surface area contributed by atoms with Crippen LogP contribution in [0.4, 0.5) is 0 Å². The summed E-state index contributed by atoms with van der Waals surface area (Å²) in [6.07, 6.45) is 4.12. The first kappa shape index (κ1) is 13.3. The van der Waals surface area contributed by atoms with Gasteiger partial charge < -0.3 is 4.74 Å². The monoisotopic (exact) mass is 241 g/mol. The Bertz CT molecular complexity index is 293. The molecule has 0 N–H and O–H groups in total. The van der Waals surface area contributed by atoms with Crippen molar-refractivity contribution in [3.63, 3.8) is 0 Å². The van der Waals surface area contributed by atoms with Crippen LogP contribution in [0.1, 0.15) is 24.8 Å². The summed E-state index contributed by atoms with van der Waals surface area (Å²) in [4.78, 5) is 2.53. The topological polar surface area (TPSA) is 12.5 Å². The van der Waals surface area contributed by atoms with E-state index in [-0.39, 0.29) is 12.4 Å². The summed E-state index contributed by atoms with van der Waals surface area (Å²) in [6.45, 7) is 3.60. The SMILES string of the molecule is COc1ccc(CN2CCCCC2)cc1.Cl. The Hall–Kier alpha value is -0.730. The number of halogens is 1. The number of rotatable bonds is 3. The number of piperidine rings is 1. The van der Waals surface area contributed by atoms with Crippen LogP contribution < -0.4 is 4.74 Å². The molecule has 1 aliphatic heterocycles. The third-order valence-electron chi connectivity index (χ3n) is 3.01. The Morgan fingerprint density at radius 2 is 1.69 bits per heavy atom. The van der Waals surface area contributed by atoms with Gasteiger partial charge in [0.25, 0.3) is 0 Å². The average Bonchev–Trinajstić information content (AvgIpc) is 2.31. The predicted molar refractivity (Wildman–Crippen MR) is 69.4 cm³/mol. The molecule has 2 nitrogen and oxygen atoms in total. The zero-order chi connectivity index (χ0) is 10.5. The molecule has 2 rings (SSSR count). The van der Waals surface area contributed by atoms with Gasteiger partial charge in [0.05, 0.1) is 7.11 Å². The van der Waals surface area contributed by atoms with Crippen LogP contribution in [0.15, 0.2) is 24.3 Å². The molecule has 1 saturated heterocycles. The largest absolute Gasteiger partial charge is 0.497 e.